The fourth-order valence-electron chi connectivity index (χ4n) is 3.45. The van der Waals surface area contributed by atoms with Crippen molar-refractivity contribution < 1.29 is 4.39 Å². The van der Waals surface area contributed by atoms with Crippen LogP contribution in [-0.4, -0.2) is 26.4 Å². The first kappa shape index (κ1) is 17.5. The molecule has 0 radical (unpaired) electrons. The summed E-state index contributed by atoms with van der Waals surface area (Å²) in [6, 6.07) is 12.9. The summed E-state index contributed by atoms with van der Waals surface area (Å²) < 4.78 is 13.1. The fraction of sp³-hybridized carbons (Fsp3) is 0.286. The van der Waals surface area contributed by atoms with Gasteiger partial charge < -0.3 is 5.32 Å². The van der Waals surface area contributed by atoms with Crippen LogP contribution < -0.4 is 5.32 Å². The summed E-state index contributed by atoms with van der Waals surface area (Å²) in [5.41, 5.74) is 3.22. The number of hydrogen-bond donors (Lipinski definition) is 1. The molecule has 3 heterocycles. The maximum Gasteiger partial charge on any atom is 0.228 e. The van der Waals surface area contributed by atoms with Crippen molar-refractivity contribution >= 4 is 11.8 Å². The van der Waals surface area contributed by atoms with Gasteiger partial charge in [-0.05, 0) is 61.7 Å². The summed E-state index contributed by atoms with van der Waals surface area (Å²) in [6.45, 7) is 3.80. The molecule has 1 aromatic carbocycles. The summed E-state index contributed by atoms with van der Waals surface area (Å²) in [4.78, 5) is 15.8. The van der Waals surface area contributed by atoms with Crippen molar-refractivity contribution in [3.8, 4) is 0 Å². The number of benzene rings is 1. The molecule has 1 N–H and O–H groups in total. The molecule has 6 heteroatoms. The summed E-state index contributed by atoms with van der Waals surface area (Å²) in [7, 11) is 0. The molecule has 5 nitrogen and oxygen atoms in total. The SMILES string of the molecule is Cc1ccc(Nc2nccc([C@H]3CCCN3Cc3ccc(F)cc3)n2)nc1. The minimum absolute atomic E-state index is 0.201. The average molecular weight is 363 g/mol. The lowest BCUT2D eigenvalue weighted by Crippen LogP contribution is -2.23. The number of aromatic nitrogens is 3. The van der Waals surface area contributed by atoms with Crippen LogP contribution in [0.3, 0.4) is 0 Å². The normalized spacial score (nSPS) is 17.2. The first-order valence-corrected chi connectivity index (χ1v) is 9.18. The third-order valence-electron chi connectivity index (χ3n) is 4.83. The van der Waals surface area contributed by atoms with Gasteiger partial charge in [0.2, 0.25) is 5.95 Å². The number of likely N-dealkylation sites (tertiary alicyclic amines) is 1. The Morgan fingerprint density at radius 1 is 1.11 bits per heavy atom. The van der Waals surface area contributed by atoms with Gasteiger partial charge in [0, 0.05) is 18.9 Å². The van der Waals surface area contributed by atoms with Gasteiger partial charge in [0.15, 0.2) is 0 Å². The van der Waals surface area contributed by atoms with Gasteiger partial charge in [0.05, 0.1) is 11.7 Å². The molecule has 0 bridgehead atoms. The van der Waals surface area contributed by atoms with Crippen molar-refractivity contribution in [1.82, 2.24) is 19.9 Å². The van der Waals surface area contributed by atoms with Crippen molar-refractivity contribution in [3.63, 3.8) is 0 Å². The molecule has 1 aliphatic rings. The largest absolute Gasteiger partial charge is 0.309 e. The first-order valence-electron chi connectivity index (χ1n) is 9.18. The van der Waals surface area contributed by atoms with E-state index in [-0.39, 0.29) is 11.9 Å². The number of nitrogens with zero attached hydrogens (tertiary/aromatic N) is 4. The first-order chi connectivity index (χ1) is 13.2. The third-order valence-corrected chi connectivity index (χ3v) is 4.83. The van der Waals surface area contributed by atoms with Gasteiger partial charge in [-0.25, -0.2) is 19.3 Å². The number of nitrogens with one attached hydrogen (secondary N) is 1. The molecule has 0 amide bonds. The Morgan fingerprint density at radius 3 is 2.74 bits per heavy atom. The number of pyridine rings is 1. The van der Waals surface area contributed by atoms with E-state index in [1.807, 2.05) is 43.5 Å². The van der Waals surface area contributed by atoms with Gasteiger partial charge in [-0.3, -0.25) is 4.90 Å². The van der Waals surface area contributed by atoms with Gasteiger partial charge in [0.1, 0.15) is 11.6 Å². The molecule has 138 valence electrons. The lowest BCUT2D eigenvalue weighted by Gasteiger charge is -2.24. The zero-order chi connectivity index (χ0) is 18.6. The van der Waals surface area contributed by atoms with Crippen molar-refractivity contribution in [2.24, 2.45) is 0 Å². The Morgan fingerprint density at radius 2 is 1.96 bits per heavy atom. The van der Waals surface area contributed by atoms with E-state index in [0.29, 0.717) is 5.95 Å². The van der Waals surface area contributed by atoms with Crippen molar-refractivity contribution in [2.75, 3.05) is 11.9 Å². The van der Waals surface area contributed by atoms with Crippen LogP contribution in [-0.2, 0) is 6.54 Å². The van der Waals surface area contributed by atoms with E-state index in [2.05, 4.69) is 20.2 Å². The molecular formula is C21H22FN5. The number of anilines is 2. The molecule has 27 heavy (non-hydrogen) atoms. The monoisotopic (exact) mass is 363 g/mol. The Labute approximate surface area is 158 Å². The van der Waals surface area contributed by atoms with E-state index in [1.54, 1.807) is 6.20 Å². The molecule has 1 aliphatic heterocycles. The Balaban J connectivity index is 1.49. The molecule has 0 aliphatic carbocycles. The van der Waals surface area contributed by atoms with E-state index in [4.69, 9.17) is 4.98 Å². The molecule has 1 fully saturated rings. The number of halogens is 1. The Kier molecular flexibility index (Phi) is 5.07. The van der Waals surface area contributed by atoms with Gasteiger partial charge in [-0.1, -0.05) is 18.2 Å². The highest BCUT2D eigenvalue weighted by atomic mass is 19.1. The van der Waals surface area contributed by atoms with Gasteiger partial charge in [-0.2, -0.15) is 0 Å². The molecule has 0 unspecified atom stereocenters. The van der Waals surface area contributed by atoms with Gasteiger partial charge >= 0.3 is 0 Å². The Bertz CT molecular complexity index is 895. The summed E-state index contributed by atoms with van der Waals surface area (Å²) in [5, 5.41) is 3.17. The quantitative estimate of drug-likeness (QED) is 0.728. The van der Waals surface area contributed by atoms with Crippen LogP contribution in [0.15, 0.2) is 54.9 Å². The standard InChI is InChI=1S/C21H22FN5/c1-15-4-9-20(24-13-15)26-21-23-11-10-18(25-21)19-3-2-12-27(19)14-16-5-7-17(22)8-6-16/h4-11,13,19H,2-3,12,14H2,1H3,(H,23,24,25,26)/t19-/m1/s1. The third kappa shape index (κ3) is 4.28. The number of hydrogen-bond acceptors (Lipinski definition) is 5. The minimum Gasteiger partial charge on any atom is -0.309 e. The molecule has 3 aromatic rings. The number of aryl methyl sites for hydroxylation is 1. The predicted octanol–water partition coefficient (Wildman–Crippen LogP) is 4.40. The van der Waals surface area contributed by atoms with Crippen LogP contribution in [0.25, 0.3) is 0 Å². The average Bonchev–Trinajstić information content (AvgIpc) is 3.14. The van der Waals surface area contributed by atoms with Gasteiger partial charge in [-0.15, -0.1) is 0 Å². The van der Waals surface area contributed by atoms with Crippen LogP contribution in [0.1, 0.15) is 35.7 Å². The van der Waals surface area contributed by atoms with Crippen molar-refractivity contribution in [1.29, 1.82) is 0 Å². The second-order valence-corrected chi connectivity index (χ2v) is 6.91. The molecule has 4 rings (SSSR count). The van der Waals surface area contributed by atoms with E-state index in [9.17, 15) is 4.39 Å². The van der Waals surface area contributed by atoms with E-state index >= 15 is 0 Å². The second-order valence-electron chi connectivity index (χ2n) is 6.91. The molecule has 0 saturated carbocycles. The molecule has 1 saturated heterocycles. The predicted molar refractivity (Wildman–Crippen MR) is 103 cm³/mol. The summed E-state index contributed by atoms with van der Waals surface area (Å²) in [6.07, 6.45) is 5.78. The zero-order valence-corrected chi connectivity index (χ0v) is 15.3. The van der Waals surface area contributed by atoms with Crippen LogP contribution in [0.2, 0.25) is 0 Å². The molecule has 2 aromatic heterocycles. The maximum atomic E-state index is 13.1. The molecule has 0 spiro atoms. The van der Waals surface area contributed by atoms with Crippen molar-refractivity contribution in [2.45, 2.75) is 32.4 Å². The molecular weight excluding hydrogens is 341 g/mol. The van der Waals surface area contributed by atoms with Crippen LogP contribution in [0.5, 0.6) is 0 Å². The second kappa shape index (κ2) is 7.80. The highest BCUT2D eigenvalue weighted by Crippen LogP contribution is 2.32. The van der Waals surface area contributed by atoms with Crippen LogP contribution >= 0.6 is 0 Å². The van der Waals surface area contributed by atoms with Gasteiger partial charge in [0.25, 0.3) is 0 Å². The minimum atomic E-state index is -0.201. The lowest BCUT2D eigenvalue weighted by atomic mass is 10.1. The highest BCUT2D eigenvalue weighted by molar-refractivity contribution is 5.47. The van der Waals surface area contributed by atoms with E-state index < -0.39 is 0 Å². The van der Waals surface area contributed by atoms with Crippen LogP contribution in [0, 0.1) is 12.7 Å². The smallest absolute Gasteiger partial charge is 0.228 e. The molecule has 1 atom stereocenters. The van der Waals surface area contributed by atoms with Crippen LogP contribution in [0.4, 0.5) is 16.2 Å². The Hall–Kier alpha value is -2.86. The fourth-order valence-corrected chi connectivity index (χ4v) is 3.45. The summed E-state index contributed by atoms with van der Waals surface area (Å²) in [5.74, 6) is 1.08. The lowest BCUT2D eigenvalue weighted by molar-refractivity contribution is 0.244. The highest BCUT2D eigenvalue weighted by Gasteiger charge is 2.27. The maximum absolute atomic E-state index is 13.1. The van der Waals surface area contributed by atoms with E-state index in [0.717, 1.165) is 48.6 Å². The van der Waals surface area contributed by atoms with E-state index in [1.165, 1.54) is 12.1 Å². The topological polar surface area (TPSA) is 53.9 Å². The van der Waals surface area contributed by atoms with Crippen molar-refractivity contribution in [3.05, 3.63) is 77.5 Å². The summed E-state index contributed by atoms with van der Waals surface area (Å²) >= 11 is 0. The zero-order valence-electron chi connectivity index (χ0n) is 15.3. The number of rotatable bonds is 5.